The number of hydrogen-bond acceptors (Lipinski definition) is 0. The highest BCUT2D eigenvalue weighted by Gasteiger charge is 2.31. The molecule has 0 amide bonds. The zero-order chi connectivity index (χ0) is 10.7. The van der Waals surface area contributed by atoms with Crippen LogP contribution in [0.4, 0.5) is 0 Å². The van der Waals surface area contributed by atoms with E-state index in [9.17, 15) is 0 Å². The third-order valence-electron chi connectivity index (χ3n) is 2.31. The third-order valence-corrected chi connectivity index (χ3v) is 3.45. The molecule has 1 atom stereocenters. The molecule has 0 fully saturated rings. The first kappa shape index (κ1) is 15.0. The minimum Gasteiger partial charge on any atom is -1.00 e. The lowest BCUT2D eigenvalue weighted by molar-refractivity contribution is -0.883. The van der Waals surface area contributed by atoms with Gasteiger partial charge in [0.15, 0.2) is 0 Å². The molecule has 0 spiro atoms. The lowest BCUT2D eigenvalue weighted by Gasteiger charge is -2.35. The van der Waals surface area contributed by atoms with Gasteiger partial charge < -0.3 is 16.9 Å². The van der Waals surface area contributed by atoms with Crippen molar-refractivity contribution in [2.75, 3.05) is 27.2 Å². The van der Waals surface area contributed by atoms with Crippen molar-refractivity contribution in [3.63, 3.8) is 0 Å². The molecule has 0 bridgehead atoms. The van der Waals surface area contributed by atoms with Crippen LogP contribution < -0.4 is 12.4 Å². The van der Waals surface area contributed by atoms with Crippen LogP contribution in [-0.4, -0.2) is 35.1 Å². The van der Waals surface area contributed by atoms with Crippen LogP contribution in [0.1, 0.15) is 6.42 Å². The molecule has 1 unspecified atom stereocenters. The molecule has 0 heterocycles. The van der Waals surface area contributed by atoms with Gasteiger partial charge in [-0.05, 0) is 12.3 Å². The van der Waals surface area contributed by atoms with Crippen LogP contribution in [0.15, 0.2) is 24.3 Å². The molecule has 1 rings (SSSR count). The molecule has 1 aliphatic rings. The maximum absolute atomic E-state index is 5.36. The molecule has 0 aliphatic heterocycles. The van der Waals surface area contributed by atoms with Gasteiger partial charge in [-0.3, -0.25) is 0 Å². The fourth-order valence-electron chi connectivity index (χ4n) is 1.77. The van der Waals surface area contributed by atoms with Gasteiger partial charge in [-0.25, -0.2) is 0 Å². The van der Waals surface area contributed by atoms with Crippen LogP contribution >= 0.6 is 22.6 Å². The van der Waals surface area contributed by atoms with Gasteiger partial charge in [0.25, 0.3) is 0 Å². The fourth-order valence-corrected chi connectivity index (χ4v) is 3.16. The molecule has 1 aliphatic carbocycles. The minimum atomic E-state index is 0. The van der Waals surface area contributed by atoms with Crippen LogP contribution in [0.2, 0.25) is 0 Å². The summed E-state index contributed by atoms with van der Waals surface area (Å²) in [6.45, 7) is 1.88. The number of quaternary nitrogens is 1. The predicted molar refractivity (Wildman–Crippen MR) is 70.3 cm³/mol. The molecular weight excluding hydrogens is 320 g/mol. The van der Waals surface area contributed by atoms with E-state index in [1.807, 2.05) is 0 Å². The number of terminal acetylenes is 1. The molecule has 0 saturated heterocycles. The van der Waals surface area contributed by atoms with E-state index in [0.29, 0.717) is 0 Å². The maximum atomic E-state index is 5.36. The fraction of sp³-hybridized carbons (Fsp3) is 0.500. The molecule has 0 aromatic rings. The summed E-state index contributed by atoms with van der Waals surface area (Å²) < 4.78 is 1.13. The average molecular weight is 338 g/mol. The van der Waals surface area contributed by atoms with Crippen molar-refractivity contribution < 1.29 is 16.9 Å². The van der Waals surface area contributed by atoms with Crippen LogP contribution in [0.3, 0.4) is 0 Å². The third kappa shape index (κ3) is 5.05. The second-order valence-electron chi connectivity index (χ2n) is 4.48. The van der Waals surface area contributed by atoms with E-state index in [4.69, 9.17) is 6.42 Å². The first-order chi connectivity index (χ1) is 6.47. The minimum absolute atomic E-state index is 0. The average Bonchev–Trinajstić information content (AvgIpc) is 2.02. The van der Waals surface area contributed by atoms with Gasteiger partial charge in [0, 0.05) is 0 Å². The van der Waals surface area contributed by atoms with Gasteiger partial charge in [-0.1, -0.05) is 46.9 Å². The quantitative estimate of drug-likeness (QED) is 0.279. The Morgan fingerprint density at radius 1 is 1.47 bits per heavy atom. The number of nitrogens with zero attached hydrogens (tertiary/aromatic N) is 1. The molecule has 0 saturated carbocycles. The van der Waals surface area contributed by atoms with Crippen molar-refractivity contribution in [1.82, 2.24) is 0 Å². The van der Waals surface area contributed by atoms with E-state index in [2.05, 4.69) is 66.9 Å². The van der Waals surface area contributed by atoms with Gasteiger partial charge in [-0.2, -0.15) is 0 Å². The van der Waals surface area contributed by atoms with E-state index in [-0.39, 0.29) is 15.8 Å². The Balaban J connectivity index is 0.00000196. The van der Waals surface area contributed by atoms with Crippen molar-refractivity contribution in [2.24, 2.45) is 0 Å². The van der Waals surface area contributed by atoms with Crippen molar-refractivity contribution in [2.45, 2.75) is 9.84 Å². The summed E-state index contributed by atoms with van der Waals surface area (Å²) >= 11 is 2.53. The summed E-state index contributed by atoms with van der Waals surface area (Å²) in [5, 5.41) is 0. The monoisotopic (exact) mass is 337 g/mol. The van der Waals surface area contributed by atoms with Crippen LogP contribution in [0.5, 0.6) is 0 Å². The molecule has 0 aromatic carbocycles. The SMILES string of the molecule is C#CC[N+](C)(C)CC1(I)C=CC=CC1.[Cl-]. The molecule has 3 heteroatoms. The smallest absolute Gasteiger partial charge is 0.140 e. The molecule has 0 radical (unpaired) electrons. The molecule has 0 aromatic heterocycles. The van der Waals surface area contributed by atoms with Gasteiger partial charge in [0.2, 0.25) is 0 Å². The lowest BCUT2D eigenvalue weighted by atomic mass is 9.99. The van der Waals surface area contributed by atoms with E-state index in [1.165, 1.54) is 0 Å². The van der Waals surface area contributed by atoms with Gasteiger partial charge in [0.1, 0.15) is 6.54 Å². The molecule has 1 nitrogen and oxygen atoms in total. The Labute approximate surface area is 113 Å². The summed E-state index contributed by atoms with van der Waals surface area (Å²) in [6.07, 6.45) is 15.2. The largest absolute Gasteiger partial charge is 1.00 e. The van der Waals surface area contributed by atoms with Crippen molar-refractivity contribution in [3.8, 4) is 12.3 Å². The molecule has 15 heavy (non-hydrogen) atoms. The Morgan fingerprint density at radius 3 is 2.60 bits per heavy atom. The summed E-state index contributed by atoms with van der Waals surface area (Å²) in [5.74, 6) is 2.74. The molecular formula is C12H17ClIN. The van der Waals surface area contributed by atoms with E-state index in [1.54, 1.807) is 0 Å². The number of hydrogen-bond donors (Lipinski definition) is 0. The summed E-state index contributed by atoms with van der Waals surface area (Å²) in [5.41, 5.74) is 0. The second-order valence-corrected chi connectivity index (χ2v) is 6.63. The summed E-state index contributed by atoms with van der Waals surface area (Å²) in [6, 6.07) is 0. The predicted octanol–water partition coefficient (Wildman–Crippen LogP) is -0.610. The molecule has 84 valence electrons. The number of allylic oxidation sites excluding steroid dienone is 3. The summed E-state index contributed by atoms with van der Waals surface area (Å²) in [7, 11) is 4.37. The highest BCUT2D eigenvalue weighted by atomic mass is 127. The standard InChI is InChI=1S/C12H17IN.ClH/c1-4-10-14(2,3)11-12(13)8-6-5-7-9-12;/h1,5-8H,9-11H2,2-3H3;1H/q+1;/p-1. The zero-order valence-corrected chi connectivity index (χ0v) is 12.1. The maximum Gasteiger partial charge on any atom is 0.140 e. The summed E-state index contributed by atoms with van der Waals surface area (Å²) in [4.78, 5) is 0. The Bertz CT molecular complexity index is 301. The van der Waals surface area contributed by atoms with Crippen LogP contribution in [0, 0.1) is 12.3 Å². The topological polar surface area (TPSA) is 0 Å². The van der Waals surface area contributed by atoms with E-state index >= 15 is 0 Å². The number of halogens is 2. The highest BCUT2D eigenvalue weighted by Crippen LogP contribution is 2.30. The Kier molecular flexibility index (Phi) is 5.94. The van der Waals surface area contributed by atoms with E-state index in [0.717, 1.165) is 24.0 Å². The van der Waals surface area contributed by atoms with Crippen LogP contribution in [0.25, 0.3) is 0 Å². The van der Waals surface area contributed by atoms with Gasteiger partial charge in [0.05, 0.1) is 24.1 Å². The van der Waals surface area contributed by atoms with E-state index < -0.39 is 0 Å². The zero-order valence-electron chi connectivity index (χ0n) is 9.21. The normalized spacial score (nSPS) is 24.4. The van der Waals surface area contributed by atoms with Crippen molar-refractivity contribution >= 4 is 22.6 Å². The van der Waals surface area contributed by atoms with Crippen LogP contribution in [-0.2, 0) is 0 Å². The van der Waals surface area contributed by atoms with Gasteiger partial charge in [-0.15, -0.1) is 6.42 Å². The van der Waals surface area contributed by atoms with Crippen molar-refractivity contribution in [3.05, 3.63) is 24.3 Å². The first-order valence-corrected chi connectivity index (χ1v) is 5.84. The first-order valence-electron chi connectivity index (χ1n) is 4.76. The second kappa shape index (κ2) is 5.93. The number of rotatable bonds is 3. The number of alkyl halides is 1. The lowest BCUT2D eigenvalue weighted by Crippen LogP contribution is -3.00. The molecule has 0 N–H and O–H groups in total. The Hall–Kier alpha value is 0.0200. The highest BCUT2D eigenvalue weighted by molar-refractivity contribution is 14.1. The Morgan fingerprint density at radius 2 is 2.13 bits per heavy atom. The van der Waals surface area contributed by atoms with Crippen molar-refractivity contribution in [1.29, 1.82) is 0 Å². The van der Waals surface area contributed by atoms with Gasteiger partial charge >= 0.3 is 0 Å².